The Morgan fingerprint density at radius 1 is 0.318 bits per heavy atom. The average Bonchev–Trinajstić information content (AvgIpc) is 3.31. The lowest BCUT2D eigenvalue weighted by Gasteiger charge is -2.18. The first-order valence-corrected chi connectivity index (χ1v) is 26.9. The number of carbonyl (C=O) groups excluding carboxylic acids is 3. The summed E-state index contributed by atoms with van der Waals surface area (Å²) >= 11 is 0. The van der Waals surface area contributed by atoms with Crippen molar-refractivity contribution in [3.63, 3.8) is 0 Å². The van der Waals surface area contributed by atoms with Crippen LogP contribution in [0, 0.1) is 0 Å². The molecule has 1 unspecified atom stereocenters. The van der Waals surface area contributed by atoms with E-state index in [4.69, 9.17) is 14.2 Å². The molecule has 0 N–H and O–H groups in total. The Bertz CT molecular complexity index is 1370. The molecule has 0 fully saturated rings. The van der Waals surface area contributed by atoms with Gasteiger partial charge >= 0.3 is 17.9 Å². The summed E-state index contributed by atoms with van der Waals surface area (Å²) in [4.78, 5) is 37.9. The predicted molar refractivity (Wildman–Crippen MR) is 283 cm³/mol. The van der Waals surface area contributed by atoms with Crippen molar-refractivity contribution in [2.45, 2.75) is 239 Å². The molecule has 0 bridgehead atoms. The van der Waals surface area contributed by atoms with E-state index in [1.165, 1.54) is 51.4 Å². The molecule has 0 radical (unpaired) electrons. The maximum atomic E-state index is 12.8. The molecule has 0 aliphatic heterocycles. The molecular weight excluding hydrogens is 817 g/mol. The van der Waals surface area contributed by atoms with Gasteiger partial charge in [0.1, 0.15) is 13.2 Å². The van der Waals surface area contributed by atoms with Crippen LogP contribution in [0.4, 0.5) is 0 Å². The Morgan fingerprint density at radius 2 is 0.621 bits per heavy atom. The molecule has 0 aliphatic carbocycles. The fourth-order valence-corrected chi connectivity index (χ4v) is 6.95. The molecule has 374 valence electrons. The topological polar surface area (TPSA) is 78.9 Å². The molecule has 66 heavy (non-hydrogen) atoms. The Morgan fingerprint density at radius 3 is 1.02 bits per heavy atom. The Labute approximate surface area is 406 Å². The summed E-state index contributed by atoms with van der Waals surface area (Å²) in [6.45, 7) is 6.39. The van der Waals surface area contributed by atoms with Crippen LogP contribution in [0.2, 0.25) is 0 Å². The second kappa shape index (κ2) is 53.7. The van der Waals surface area contributed by atoms with Crippen molar-refractivity contribution >= 4 is 17.9 Å². The van der Waals surface area contributed by atoms with Gasteiger partial charge in [0.2, 0.25) is 0 Å². The van der Waals surface area contributed by atoms with E-state index in [9.17, 15) is 14.4 Å². The van der Waals surface area contributed by atoms with Crippen molar-refractivity contribution in [2.24, 2.45) is 0 Å². The zero-order valence-electron chi connectivity index (χ0n) is 42.7. The highest BCUT2D eigenvalue weighted by Gasteiger charge is 2.19. The van der Waals surface area contributed by atoms with E-state index < -0.39 is 6.10 Å². The lowest BCUT2D eigenvalue weighted by molar-refractivity contribution is -0.167. The quantitative estimate of drug-likeness (QED) is 0.0262. The molecule has 0 aromatic rings. The fourth-order valence-electron chi connectivity index (χ4n) is 6.95. The van der Waals surface area contributed by atoms with E-state index in [2.05, 4.69) is 130 Å². The van der Waals surface area contributed by atoms with Crippen LogP contribution in [0.1, 0.15) is 233 Å². The minimum Gasteiger partial charge on any atom is -0.462 e. The SMILES string of the molecule is CC/C=C\C/C=C\C/C=C\C/C=C\C/C=C\C/C=C\C/C=C\CCCCCC(=O)OCC(COC(=O)CCCCCCC/C=C\CCC)OC(=O)CCCCCCC/C=C\CCCCCC. The average molecular weight is 915 g/mol. The Hall–Kier alpha value is -3.93. The monoisotopic (exact) mass is 915 g/mol. The molecule has 0 aromatic carbocycles. The number of hydrogen-bond acceptors (Lipinski definition) is 6. The number of unbranched alkanes of at least 4 members (excludes halogenated alkanes) is 18. The molecule has 0 amide bonds. The van der Waals surface area contributed by atoms with Gasteiger partial charge in [-0.1, -0.05) is 201 Å². The smallest absolute Gasteiger partial charge is 0.306 e. The lowest BCUT2D eigenvalue weighted by Crippen LogP contribution is -2.30. The van der Waals surface area contributed by atoms with Crippen molar-refractivity contribution in [3.8, 4) is 0 Å². The summed E-state index contributed by atoms with van der Waals surface area (Å²) < 4.78 is 16.7. The second-order valence-electron chi connectivity index (χ2n) is 17.4. The number of rotatable bonds is 47. The highest BCUT2D eigenvalue weighted by Crippen LogP contribution is 2.13. The van der Waals surface area contributed by atoms with Gasteiger partial charge < -0.3 is 14.2 Å². The third-order valence-corrected chi connectivity index (χ3v) is 11.0. The molecule has 1 atom stereocenters. The maximum Gasteiger partial charge on any atom is 0.306 e. The summed E-state index contributed by atoms with van der Waals surface area (Å²) in [5, 5.41) is 0. The summed E-state index contributed by atoms with van der Waals surface area (Å²) in [6.07, 6.45) is 72.2. The van der Waals surface area contributed by atoms with Gasteiger partial charge in [0.15, 0.2) is 6.10 Å². The van der Waals surface area contributed by atoms with E-state index in [-0.39, 0.29) is 31.1 Å². The van der Waals surface area contributed by atoms with E-state index in [0.29, 0.717) is 19.3 Å². The van der Waals surface area contributed by atoms with Gasteiger partial charge in [-0.15, -0.1) is 0 Å². The lowest BCUT2D eigenvalue weighted by atomic mass is 10.1. The molecular formula is C60H98O6. The van der Waals surface area contributed by atoms with Crippen LogP contribution < -0.4 is 0 Å². The predicted octanol–water partition coefficient (Wildman–Crippen LogP) is 17.9. The molecule has 0 saturated carbocycles. The van der Waals surface area contributed by atoms with Crippen LogP contribution in [0.25, 0.3) is 0 Å². The zero-order chi connectivity index (χ0) is 47.9. The summed E-state index contributed by atoms with van der Waals surface area (Å²) in [5.41, 5.74) is 0. The van der Waals surface area contributed by atoms with Gasteiger partial charge in [0.05, 0.1) is 0 Å². The minimum atomic E-state index is -0.800. The molecule has 0 aliphatic rings. The molecule has 6 heteroatoms. The van der Waals surface area contributed by atoms with E-state index >= 15 is 0 Å². The molecule has 0 aromatic heterocycles. The first-order chi connectivity index (χ1) is 32.5. The molecule has 0 rings (SSSR count). The second-order valence-corrected chi connectivity index (χ2v) is 17.4. The van der Waals surface area contributed by atoms with Gasteiger partial charge in [-0.3, -0.25) is 14.4 Å². The van der Waals surface area contributed by atoms with Gasteiger partial charge in [0, 0.05) is 19.3 Å². The van der Waals surface area contributed by atoms with Gasteiger partial charge in [0.25, 0.3) is 0 Å². The number of hydrogen-bond donors (Lipinski definition) is 0. The number of ether oxygens (including phenoxy) is 3. The number of esters is 3. The molecule has 6 nitrogen and oxygen atoms in total. The van der Waals surface area contributed by atoms with Gasteiger partial charge in [-0.25, -0.2) is 0 Å². The zero-order valence-corrected chi connectivity index (χ0v) is 42.7. The Kier molecular flexibility index (Phi) is 50.5. The third kappa shape index (κ3) is 51.1. The van der Waals surface area contributed by atoms with E-state index in [0.717, 1.165) is 141 Å². The maximum absolute atomic E-state index is 12.8. The van der Waals surface area contributed by atoms with Crippen molar-refractivity contribution in [1.82, 2.24) is 0 Å². The van der Waals surface area contributed by atoms with Crippen LogP contribution in [0.5, 0.6) is 0 Å². The highest BCUT2D eigenvalue weighted by molar-refractivity contribution is 5.71. The number of carbonyl (C=O) groups is 3. The van der Waals surface area contributed by atoms with Crippen LogP contribution >= 0.6 is 0 Å². The molecule has 0 spiro atoms. The first-order valence-electron chi connectivity index (χ1n) is 26.9. The summed E-state index contributed by atoms with van der Waals surface area (Å²) in [5.74, 6) is -0.957. The standard InChI is InChI=1S/C60H98O6/c1-4-7-10-13-16-19-22-24-25-26-27-28-29-30-31-32-33-34-35-37-38-41-44-47-50-53-59(62)65-56-57(55-64-58(61)52-49-46-43-40-21-18-15-12-9-6-3)66-60(63)54-51-48-45-42-39-36-23-20-17-14-11-8-5-2/h7,10,12,15-16,19-20,23-25,27-28,30-31,33-34,37-38,57H,4-6,8-9,11,13-14,17-18,21-22,26,29,32,35-36,39-56H2,1-3H3/b10-7-,15-12-,19-16-,23-20-,25-24-,28-27-,31-30-,34-33-,38-37-. The van der Waals surface area contributed by atoms with Crippen molar-refractivity contribution in [3.05, 3.63) is 109 Å². The molecule has 0 heterocycles. The van der Waals surface area contributed by atoms with Crippen molar-refractivity contribution in [2.75, 3.05) is 13.2 Å². The van der Waals surface area contributed by atoms with E-state index in [1.807, 2.05) is 0 Å². The van der Waals surface area contributed by atoms with Crippen LogP contribution in [-0.2, 0) is 28.6 Å². The van der Waals surface area contributed by atoms with Crippen LogP contribution in [0.3, 0.4) is 0 Å². The van der Waals surface area contributed by atoms with Crippen LogP contribution in [0.15, 0.2) is 109 Å². The van der Waals surface area contributed by atoms with E-state index in [1.54, 1.807) is 0 Å². The highest BCUT2D eigenvalue weighted by atomic mass is 16.6. The first kappa shape index (κ1) is 62.1. The molecule has 0 saturated heterocycles. The third-order valence-electron chi connectivity index (χ3n) is 11.0. The summed E-state index contributed by atoms with van der Waals surface area (Å²) in [6, 6.07) is 0. The van der Waals surface area contributed by atoms with Gasteiger partial charge in [-0.05, 0) is 122 Å². The van der Waals surface area contributed by atoms with Crippen molar-refractivity contribution in [1.29, 1.82) is 0 Å². The number of allylic oxidation sites excluding steroid dienone is 18. The fraction of sp³-hybridized carbons (Fsp3) is 0.650. The minimum absolute atomic E-state index is 0.0982. The Balaban J connectivity index is 4.38. The van der Waals surface area contributed by atoms with Crippen molar-refractivity contribution < 1.29 is 28.6 Å². The summed E-state index contributed by atoms with van der Waals surface area (Å²) in [7, 11) is 0. The largest absolute Gasteiger partial charge is 0.462 e. The normalized spacial score (nSPS) is 13.0. The van der Waals surface area contributed by atoms with Crippen LogP contribution in [-0.4, -0.2) is 37.2 Å². The van der Waals surface area contributed by atoms with Gasteiger partial charge in [-0.2, -0.15) is 0 Å².